The third kappa shape index (κ3) is 2.15. The van der Waals surface area contributed by atoms with Crippen molar-refractivity contribution in [2.45, 2.75) is 6.92 Å². The van der Waals surface area contributed by atoms with E-state index >= 15 is 0 Å². The zero-order valence-corrected chi connectivity index (χ0v) is 9.53. The highest BCUT2D eigenvalue weighted by Gasteiger charge is 2.13. The predicted octanol–water partition coefficient (Wildman–Crippen LogP) is 2.19. The Morgan fingerprint density at radius 2 is 2.06 bits per heavy atom. The number of halogens is 1. The lowest BCUT2D eigenvalue weighted by molar-refractivity contribution is 0.0697. The van der Waals surface area contributed by atoms with Crippen LogP contribution < -0.4 is 5.56 Å². The number of hydrogen-bond donors (Lipinski definition) is 2. The van der Waals surface area contributed by atoms with Crippen molar-refractivity contribution < 1.29 is 14.3 Å². The first-order valence-corrected chi connectivity index (χ1v) is 5.21. The summed E-state index contributed by atoms with van der Waals surface area (Å²) in [4.78, 5) is 24.5. The number of H-pyrrole nitrogens is 1. The van der Waals surface area contributed by atoms with Crippen molar-refractivity contribution >= 4 is 5.97 Å². The van der Waals surface area contributed by atoms with Gasteiger partial charge < -0.3 is 10.1 Å². The van der Waals surface area contributed by atoms with Crippen LogP contribution in [0.2, 0.25) is 0 Å². The van der Waals surface area contributed by atoms with Crippen molar-refractivity contribution in [3.8, 4) is 11.1 Å². The number of carboxylic acids is 1. The second-order valence-electron chi connectivity index (χ2n) is 3.89. The molecule has 2 rings (SSSR count). The van der Waals surface area contributed by atoms with Gasteiger partial charge in [0, 0.05) is 17.8 Å². The molecule has 0 atom stereocenters. The lowest BCUT2D eigenvalue weighted by atomic mass is 10.0. The first kappa shape index (κ1) is 12.0. The average molecular weight is 247 g/mol. The Labute approximate surface area is 102 Å². The third-order valence-electron chi connectivity index (χ3n) is 2.64. The molecule has 0 aliphatic carbocycles. The van der Waals surface area contributed by atoms with Gasteiger partial charge in [0.15, 0.2) is 0 Å². The minimum absolute atomic E-state index is 0.151. The zero-order valence-electron chi connectivity index (χ0n) is 9.53. The number of aromatic nitrogens is 1. The lowest BCUT2D eigenvalue weighted by Gasteiger charge is -2.06. The fraction of sp³-hybridized carbons (Fsp3) is 0.0769. The largest absolute Gasteiger partial charge is 0.478 e. The van der Waals surface area contributed by atoms with Gasteiger partial charge in [0.05, 0.1) is 5.56 Å². The van der Waals surface area contributed by atoms with Gasteiger partial charge in [-0.15, -0.1) is 0 Å². The van der Waals surface area contributed by atoms with Crippen LogP contribution in [0.25, 0.3) is 11.1 Å². The number of aromatic carboxylic acids is 1. The molecule has 0 radical (unpaired) electrons. The highest BCUT2D eigenvalue weighted by Crippen LogP contribution is 2.23. The lowest BCUT2D eigenvalue weighted by Crippen LogP contribution is -2.10. The van der Waals surface area contributed by atoms with E-state index in [1.54, 1.807) is 19.1 Å². The van der Waals surface area contributed by atoms with Gasteiger partial charge in [-0.1, -0.05) is 12.1 Å². The molecule has 0 fully saturated rings. The smallest absolute Gasteiger partial charge is 0.336 e. The average Bonchev–Trinajstić information content (AvgIpc) is 2.32. The maximum atomic E-state index is 13.5. The van der Waals surface area contributed by atoms with Gasteiger partial charge in [-0.05, 0) is 24.1 Å². The van der Waals surface area contributed by atoms with E-state index < -0.39 is 17.3 Å². The summed E-state index contributed by atoms with van der Waals surface area (Å²) in [6.45, 7) is 1.62. The molecule has 5 heteroatoms. The van der Waals surface area contributed by atoms with Crippen LogP contribution >= 0.6 is 0 Å². The molecule has 0 amide bonds. The van der Waals surface area contributed by atoms with E-state index in [4.69, 9.17) is 5.11 Å². The maximum Gasteiger partial charge on any atom is 0.336 e. The quantitative estimate of drug-likeness (QED) is 0.854. The summed E-state index contributed by atoms with van der Waals surface area (Å²) >= 11 is 0. The number of benzene rings is 1. The monoisotopic (exact) mass is 247 g/mol. The molecule has 18 heavy (non-hydrogen) atoms. The van der Waals surface area contributed by atoms with E-state index in [9.17, 15) is 14.0 Å². The van der Waals surface area contributed by atoms with Gasteiger partial charge in [-0.3, -0.25) is 4.79 Å². The topological polar surface area (TPSA) is 70.2 Å². The molecule has 1 heterocycles. The van der Waals surface area contributed by atoms with Gasteiger partial charge in [-0.25, -0.2) is 9.18 Å². The van der Waals surface area contributed by atoms with E-state index in [1.807, 2.05) is 0 Å². The molecule has 0 aliphatic rings. The summed E-state index contributed by atoms with van der Waals surface area (Å²) in [6, 6.07) is 5.39. The fourth-order valence-corrected chi connectivity index (χ4v) is 1.65. The molecule has 1 aromatic heterocycles. The van der Waals surface area contributed by atoms with Gasteiger partial charge in [-0.2, -0.15) is 0 Å². The molecule has 0 spiro atoms. The molecule has 2 aromatic rings. The van der Waals surface area contributed by atoms with Crippen molar-refractivity contribution in [3.05, 3.63) is 57.8 Å². The van der Waals surface area contributed by atoms with Crippen LogP contribution in [-0.2, 0) is 0 Å². The SMILES string of the molecule is Cc1ccc(-c2c[nH]c(=O)cc2C(=O)O)cc1F. The summed E-state index contributed by atoms with van der Waals surface area (Å²) in [5.74, 6) is -1.65. The summed E-state index contributed by atoms with van der Waals surface area (Å²) in [7, 11) is 0. The first-order valence-electron chi connectivity index (χ1n) is 5.21. The normalized spacial score (nSPS) is 10.3. The standard InChI is InChI=1S/C13H10FNO3/c1-7-2-3-8(4-11(7)14)10-6-15-12(16)5-9(10)13(17)18/h2-6H,1H3,(H,15,16)(H,17,18). The van der Waals surface area contributed by atoms with Crippen molar-refractivity contribution in [2.24, 2.45) is 0 Å². The van der Waals surface area contributed by atoms with Gasteiger partial charge in [0.25, 0.3) is 0 Å². The summed E-state index contributed by atoms with van der Waals surface area (Å²) in [6.07, 6.45) is 1.27. The first-order chi connectivity index (χ1) is 8.49. The van der Waals surface area contributed by atoms with Crippen molar-refractivity contribution in [3.63, 3.8) is 0 Å². The molecular weight excluding hydrogens is 237 g/mol. The van der Waals surface area contributed by atoms with E-state index in [0.29, 0.717) is 11.1 Å². The van der Waals surface area contributed by atoms with E-state index in [0.717, 1.165) is 6.07 Å². The highest BCUT2D eigenvalue weighted by atomic mass is 19.1. The molecule has 2 N–H and O–H groups in total. The van der Waals surface area contributed by atoms with Crippen LogP contribution in [0.3, 0.4) is 0 Å². The van der Waals surface area contributed by atoms with Gasteiger partial charge in [0.2, 0.25) is 5.56 Å². The van der Waals surface area contributed by atoms with Crippen LogP contribution in [0.1, 0.15) is 15.9 Å². The number of aromatic amines is 1. The van der Waals surface area contributed by atoms with Crippen molar-refractivity contribution in [1.29, 1.82) is 0 Å². The van der Waals surface area contributed by atoms with Crippen LogP contribution in [0.4, 0.5) is 4.39 Å². The molecule has 1 aromatic carbocycles. The second-order valence-corrected chi connectivity index (χ2v) is 3.89. The molecule has 92 valence electrons. The number of hydrogen-bond acceptors (Lipinski definition) is 2. The van der Waals surface area contributed by atoms with E-state index in [-0.39, 0.29) is 11.1 Å². The number of nitrogens with one attached hydrogen (secondary N) is 1. The van der Waals surface area contributed by atoms with Gasteiger partial charge in [0.1, 0.15) is 5.82 Å². The Balaban J connectivity index is 2.66. The fourth-order valence-electron chi connectivity index (χ4n) is 1.65. The molecule has 0 saturated heterocycles. The van der Waals surface area contributed by atoms with Crippen molar-refractivity contribution in [2.75, 3.05) is 0 Å². The van der Waals surface area contributed by atoms with Crippen molar-refractivity contribution in [1.82, 2.24) is 4.98 Å². The summed E-state index contributed by atoms with van der Waals surface area (Å²) in [5, 5.41) is 9.03. The van der Waals surface area contributed by atoms with E-state index in [2.05, 4.69) is 4.98 Å². The van der Waals surface area contributed by atoms with Crippen LogP contribution in [0.5, 0.6) is 0 Å². The third-order valence-corrected chi connectivity index (χ3v) is 2.64. The molecule has 0 unspecified atom stereocenters. The molecular formula is C13H10FNO3. The van der Waals surface area contributed by atoms with Crippen LogP contribution in [-0.4, -0.2) is 16.1 Å². The Hall–Kier alpha value is -2.43. The Bertz CT molecular complexity index is 676. The maximum absolute atomic E-state index is 13.5. The molecule has 0 bridgehead atoms. The van der Waals surface area contributed by atoms with Crippen LogP contribution in [0.15, 0.2) is 35.3 Å². The number of pyridine rings is 1. The Kier molecular flexibility index (Phi) is 2.97. The Morgan fingerprint density at radius 1 is 1.33 bits per heavy atom. The molecule has 4 nitrogen and oxygen atoms in total. The zero-order chi connectivity index (χ0) is 13.3. The minimum Gasteiger partial charge on any atom is -0.478 e. The second kappa shape index (κ2) is 4.44. The predicted molar refractivity (Wildman–Crippen MR) is 64.2 cm³/mol. The summed E-state index contributed by atoms with van der Waals surface area (Å²) in [5.41, 5.74) is 0.499. The number of carboxylic acid groups (broad SMARTS) is 1. The number of aryl methyl sites for hydroxylation is 1. The van der Waals surface area contributed by atoms with E-state index in [1.165, 1.54) is 12.3 Å². The molecule has 0 aliphatic heterocycles. The number of rotatable bonds is 2. The highest BCUT2D eigenvalue weighted by molar-refractivity contribution is 5.95. The minimum atomic E-state index is -1.22. The number of carbonyl (C=O) groups is 1. The molecule has 0 saturated carbocycles. The summed E-state index contributed by atoms with van der Waals surface area (Å²) < 4.78 is 13.5. The Morgan fingerprint density at radius 3 is 2.67 bits per heavy atom. The van der Waals surface area contributed by atoms with Crippen LogP contribution in [0, 0.1) is 12.7 Å². The van der Waals surface area contributed by atoms with Gasteiger partial charge >= 0.3 is 5.97 Å².